The van der Waals surface area contributed by atoms with E-state index in [1.54, 1.807) is 5.51 Å². The first-order valence-corrected chi connectivity index (χ1v) is 7.68. The molecule has 2 aromatic heterocycles. The van der Waals surface area contributed by atoms with Gasteiger partial charge in [-0.3, -0.25) is 10.1 Å². The van der Waals surface area contributed by atoms with Crippen LogP contribution in [-0.4, -0.2) is 26.0 Å². The van der Waals surface area contributed by atoms with Gasteiger partial charge in [0.05, 0.1) is 16.3 Å². The number of fused-ring (bicyclic) bond motifs is 1. The normalized spacial score (nSPS) is 10.6. The van der Waals surface area contributed by atoms with Gasteiger partial charge in [0, 0.05) is 5.39 Å². The number of anilines is 1. The minimum atomic E-state index is -0.136. The Morgan fingerprint density at radius 2 is 2.15 bits per heavy atom. The van der Waals surface area contributed by atoms with E-state index >= 15 is 0 Å². The summed E-state index contributed by atoms with van der Waals surface area (Å²) in [7, 11) is 0. The number of nitrogens with one attached hydrogen (secondary N) is 1. The first-order chi connectivity index (χ1) is 9.81. The maximum atomic E-state index is 11.7. The summed E-state index contributed by atoms with van der Waals surface area (Å²) in [5, 5.41) is 4.54. The van der Waals surface area contributed by atoms with Gasteiger partial charge in [-0.15, -0.1) is 0 Å². The van der Waals surface area contributed by atoms with E-state index in [4.69, 9.17) is 0 Å². The third-order valence-corrected chi connectivity index (χ3v) is 3.94. The number of benzene rings is 1. The summed E-state index contributed by atoms with van der Waals surface area (Å²) in [5.41, 5.74) is 2.51. The van der Waals surface area contributed by atoms with Crippen molar-refractivity contribution < 1.29 is 4.79 Å². The summed E-state index contributed by atoms with van der Waals surface area (Å²) in [4.78, 5) is 20.1. The van der Waals surface area contributed by atoms with Gasteiger partial charge < -0.3 is 0 Å². The Bertz CT molecular complexity index is 730. The smallest absolute Gasteiger partial charge is 0.241 e. The van der Waals surface area contributed by atoms with Crippen molar-refractivity contribution >= 4 is 46.1 Å². The van der Waals surface area contributed by atoms with Crippen LogP contribution in [0.25, 0.3) is 10.9 Å². The van der Waals surface area contributed by atoms with E-state index in [1.165, 1.54) is 23.3 Å². The fourth-order valence-electron chi connectivity index (χ4n) is 1.65. The molecule has 3 rings (SSSR count). The van der Waals surface area contributed by atoms with E-state index in [-0.39, 0.29) is 11.7 Å². The zero-order valence-corrected chi connectivity index (χ0v) is 11.9. The van der Waals surface area contributed by atoms with E-state index in [0.717, 1.165) is 15.9 Å². The second-order valence-electron chi connectivity index (χ2n) is 3.93. The zero-order valence-electron chi connectivity index (χ0n) is 10.3. The third-order valence-electron chi connectivity index (χ3n) is 2.54. The standard InChI is InChI=1S/C13H10N4OS2/c18-11(16-13-14-8-20-17-13)7-19-12-6-5-9-3-1-2-4-10(9)15-12/h1-6,8H,7H2,(H,16,17,18). The number of rotatable bonds is 4. The van der Waals surface area contributed by atoms with Crippen LogP contribution in [0, 0.1) is 0 Å². The number of hydrogen-bond donors (Lipinski definition) is 1. The molecule has 100 valence electrons. The molecule has 0 atom stereocenters. The fourth-order valence-corrected chi connectivity index (χ4v) is 2.72. The highest BCUT2D eigenvalue weighted by Crippen LogP contribution is 2.19. The monoisotopic (exact) mass is 302 g/mol. The van der Waals surface area contributed by atoms with E-state index < -0.39 is 0 Å². The third kappa shape index (κ3) is 3.12. The van der Waals surface area contributed by atoms with Gasteiger partial charge in [-0.1, -0.05) is 36.0 Å². The molecule has 0 aliphatic rings. The summed E-state index contributed by atoms with van der Waals surface area (Å²) in [6, 6.07) is 11.8. The molecule has 2 heterocycles. The van der Waals surface area contributed by atoms with Crippen LogP contribution in [0.4, 0.5) is 5.95 Å². The number of carbonyl (C=O) groups excluding carboxylic acids is 1. The van der Waals surface area contributed by atoms with Gasteiger partial charge in [0.25, 0.3) is 0 Å². The lowest BCUT2D eigenvalue weighted by Gasteiger charge is -2.03. The van der Waals surface area contributed by atoms with Crippen LogP contribution < -0.4 is 5.32 Å². The van der Waals surface area contributed by atoms with Crippen molar-refractivity contribution in [3.05, 3.63) is 41.9 Å². The van der Waals surface area contributed by atoms with Gasteiger partial charge in [-0.05, 0) is 23.7 Å². The highest BCUT2D eigenvalue weighted by atomic mass is 32.2. The van der Waals surface area contributed by atoms with E-state index in [1.807, 2.05) is 36.4 Å². The molecule has 0 bridgehead atoms. The van der Waals surface area contributed by atoms with Crippen molar-refractivity contribution in [2.75, 3.05) is 11.1 Å². The van der Waals surface area contributed by atoms with E-state index in [0.29, 0.717) is 5.95 Å². The van der Waals surface area contributed by atoms with Gasteiger partial charge >= 0.3 is 0 Å². The largest absolute Gasteiger partial charge is 0.293 e. The quantitative estimate of drug-likeness (QED) is 0.751. The molecule has 0 unspecified atom stereocenters. The minimum Gasteiger partial charge on any atom is -0.293 e. The maximum Gasteiger partial charge on any atom is 0.241 e. The Kier molecular flexibility index (Phi) is 3.89. The van der Waals surface area contributed by atoms with Crippen LogP contribution in [-0.2, 0) is 4.79 Å². The summed E-state index contributed by atoms with van der Waals surface area (Å²) >= 11 is 2.59. The lowest BCUT2D eigenvalue weighted by Crippen LogP contribution is -2.14. The fraction of sp³-hybridized carbons (Fsp3) is 0.0769. The maximum absolute atomic E-state index is 11.7. The zero-order chi connectivity index (χ0) is 13.8. The number of pyridine rings is 1. The summed E-state index contributed by atoms with van der Waals surface area (Å²) in [6.07, 6.45) is 0. The molecule has 5 nitrogen and oxygen atoms in total. The molecule has 1 aromatic carbocycles. The Morgan fingerprint density at radius 1 is 1.25 bits per heavy atom. The second kappa shape index (κ2) is 5.98. The number of aromatic nitrogens is 3. The molecule has 0 radical (unpaired) electrons. The van der Waals surface area contributed by atoms with Crippen LogP contribution in [0.15, 0.2) is 46.9 Å². The molecule has 0 saturated carbocycles. The molecule has 1 amide bonds. The van der Waals surface area contributed by atoms with Gasteiger partial charge in [-0.2, -0.15) is 4.37 Å². The van der Waals surface area contributed by atoms with Gasteiger partial charge in [0.15, 0.2) is 0 Å². The van der Waals surface area contributed by atoms with Crippen molar-refractivity contribution in [1.29, 1.82) is 0 Å². The molecule has 1 N–H and O–H groups in total. The molecule has 3 aromatic rings. The lowest BCUT2D eigenvalue weighted by molar-refractivity contribution is -0.113. The Hall–Kier alpha value is -1.99. The van der Waals surface area contributed by atoms with Crippen LogP contribution in [0.2, 0.25) is 0 Å². The Labute approximate surface area is 123 Å². The number of nitrogens with zero attached hydrogens (tertiary/aromatic N) is 3. The highest BCUT2D eigenvalue weighted by Gasteiger charge is 2.06. The SMILES string of the molecule is O=C(CSc1ccc2ccccc2n1)Nc1ncsn1. The van der Waals surface area contributed by atoms with Crippen molar-refractivity contribution in [3.63, 3.8) is 0 Å². The summed E-state index contributed by atoms with van der Waals surface area (Å²) in [5.74, 6) is 0.500. The average molecular weight is 302 g/mol. The summed E-state index contributed by atoms with van der Waals surface area (Å²) < 4.78 is 3.93. The Morgan fingerprint density at radius 3 is 3.00 bits per heavy atom. The van der Waals surface area contributed by atoms with Gasteiger partial charge in [-0.25, -0.2) is 9.97 Å². The number of hydrogen-bond acceptors (Lipinski definition) is 6. The molecule has 0 spiro atoms. The lowest BCUT2D eigenvalue weighted by atomic mass is 10.2. The van der Waals surface area contributed by atoms with Crippen molar-refractivity contribution in [2.24, 2.45) is 0 Å². The van der Waals surface area contributed by atoms with Gasteiger partial charge in [0.1, 0.15) is 5.51 Å². The van der Waals surface area contributed by atoms with Crippen LogP contribution >= 0.6 is 23.3 Å². The average Bonchev–Trinajstić information content (AvgIpc) is 2.98. The first kappa shape index (κ1) is 13.0. The second-order valence-corrected chi connectivity index (χ2v) is 5.53. The van der Waals surface area contributed by atoms with Crippen molar-refractivity contribution in [1.82, 2.24) is 14.3 Å². The van der Waals surface area contributed by atoms with Crippen LogP contribution in [0.5, 0.6) is 0 Å². The topological polar surface area (TPSA) is 67.8 Å². The molecule has 20 heavy (non-hydrogen) atoms. The van der Waals surface area contributed by atoms with Crippen LogP contribution in [0.3, 0.4) is 0 Å². The molecule has 0 fully saturated rings. The predicted molar refractivity (Wildman–Crippen MR) is 81.0 cm³/mol. The van der Waals surface area contributed by atoms with E-state index in [9.17, 15) is 4.79 Å². The van der Waals surface area contributed by atoms with Crippen molar-refractivity contribution in [2.45, 2.75) is 5.03 Å². The molecule has 7 heteroatoms. The minimum absolute atomic E-state index is 0.136. The highest BCUT2D eigenvalue weighted by molar-refractivity contribution is 7.99. The molecular formula is C13H10N4OS2. The molecule has 0 aliphatic carbocycles. The van der Waals surface area contributed by atoms with E-state index in [2.05, 4.69) is 19.7 Å². The van der Waals surface area contributed by atoms with Gasteiger partial charge in [0.2, 0.25) is 11.9 Å². The molecular weight excluding hydrogens is 292 g/mol. The molecule has 0 saturated heterocycles. The number of amides is 1. The van der Waals surface area contributed by atoms with Crippen LogP contribution in [0.1, 0.15) is 0 Å². The first-order valence-electron chi connectivity index (χ1n) is 5.86. The summed E-state index contributed by atoms with van der Waals surface area (Å²) in [6.45, 7) is 0. The number of para-hydroxylation sites is 1. The van der Waals surface area contributed by atoms with Crippen molar-refractivity contribution in [3.8, 4) is 0 Å². The number of thioether (sulfide) groups is 1. The Balaban J connectivity index is 1.63. The molecule has 0 aliphatic heterocycles. The number of carbonyl (C=O) groups is 1. The predicted octanol–water partition coefficient (Wildman–Crippen LogP) is 2.82.